The SMILES string of the molecule is CCN1Cc2cc(BOC(C)(C)C(C)(C)O)cc(NCCO)c2C1=O. The van der Waals surface area contributed by atoms with Crippen LogP contribution in [0, 0.1) is 0 Å². The van der Waals surface area contributed by atoms with Crippen LogP contribution in [0.4, 0.5) is 5.69 Å². The summed E-state index contributed by atoms with van der Waals surface area (Å²) in [5.74, 6) is 0.0160. The summed E-state index contributed by atoms with van der Waals surface area (Å²) in [6.45, 7) is 10.7. The van der Waals surface area contributed by atoms with Gasteiger partial charge in [-0.05, 0) is 46.2 Å². The maximum absolute atomic E-state index is 12.5. The maximum atomic E-state index is 12.5. The summed E-state index contributed by atoms with van der Waals surface area (Å²) < 4.78 is 5.95. The van der Waals surface area contributed by atoms with E-state index in [9.17, 15) is 9.90 Å². The topological polar surface area (TPSA) is 82.0 Å². The molecule has 0 aliphatic carbocycles. The normalized spacial score (nSPS) is 14.7. The first kappa shape index (κ1) is 19.8. The minimum Gasteiger partial charge on any atom is -0.427 e. The molecule has 0 unspecified atom stereocenters. The van der Waals surface area contributed by atoms with Crippen LogP contribution in [0.1, 0.15) is 50.5 Å². The Balaban J connectivity index is 2.28. The number of aliphatic hydroxyl groups is 2. The Morgan fingerprint density at radius 1 is 1.32 bits per heavy atom. The smallest absolute Gasteiger partial charge is 0.309 e. The molecule has 1 aliphatic rings. The number of hydrogen-bond donors (Lipinski definition) is 3. The summed E-state index contributed by atoms with van der Waals surface area (Å²) in [5, 5.41) is 22.5. The van der Waals surface area contributed by atoms with Crippen molar-refractivity contribution in [2.75, 3.05) is 25.0 Å². The zero-order valence-electron chi connectivity index (χ0n) is 15.8. The summed E-state index contributed by atoms with van der Waals surface area (Å²) in [6.07, 6.45) is 0. The molecule has 0 bridgehead atoms. The van der Waals surface area contributed by atoms with E-state index in [0.29, 0.717) is 32.7 Å². The van der Waals surface area contributed by atoms with E-state index in [-0.39, 0.29) is 12.5 Å². The van der Waals surface area contributed by atoms with Crippen LogP contribution in [-0.4, -0.2) is 59.4 Å². The lowest BCUT2D eigenvalue weighted by molar-refractivity contribution is -0.0893. The average Bonchev–Trinajstić information content (AvgIpc) is 2.86. The molecule has 1 aromatic carbocycles. The van der Waals surface area contributed by atoms with Gasteiger partial charge < -0.3 is 25.1 Å². The van der Waals surface area contributed by atoms with Crippen molar-refractivity contribution in [3.8, 4) is 0 Å². The predicted octanol–water partition coefficient (Wildman–Crippen LogP) is 0.609. The minimum absolute atomic E-state index is 0.00703. The van der Waals surface area contributed by atoms with Gasteiger partial charge >= 0.3 is 7.48 Å². The highest BCUT2D eigenvalue weighted by atomic mass is 16.5. The molecule has 1 aromatic rings. The van der Waals surface area contributed by atoms with Crippen LogP contribution in [0.15, 0.2) is 12.1 Å². The van der Waals surface area contributed by atoms with Crippen molar-refractivity contribution in [2.45, 2.75) is 52.4 Å². The molecule has 2 rings (SSSR count). The molecule has 1 heterocycles. The van der Waals surface area contributed by atoms with Gasteiger partial charge in [0.25, 0.3) is 5.91 Å². The number of nitrogens with one attached hydrogen (secondary N) is 1. The summed E-state index contributed by atoms with van der Waals surface area (Å²) in [4.78, 5) is 14.3. The Kier molecular flexibility index (Phi) is 5.81. The second-order valence-corrected chi connectivity index (χ2v) is 7.51. The van der Waals surface area contributed by atoms with Crippen LogP contribution in [0.25, 0.3) is 0 Å². The van der Waals surface area contributed by atoms with E-state index in [1.54, 1.807) is 18.7 Å². The first-order valence-electron chi connectivity index (χ1n) is 8.77. The highest BCUT2D eigenvalue weighted by Crippen LogP contribution is 2.29. The highest BCUT2D eigenvalue weighted by Gasteiger charge is 2.36. The van der Waals surface area contributed by atoms with Crippen LogP contribution < -0.4 is 10.8 Å². The fraction of sp³-hybridized carbons (Fsp3) is 0.611. The molecular weight excluding hydrogens is 319 g/mol. The number of fused-ring (bicyclic) bond motifs is 1. The van der Waals surface area contributed by atoms with Crippen LogP contribution in [-0.2, 0) is 11.2 Å². The lowest BCUT2D eigenvalue weighted by Crippen LogP contribution is -2.49. The Labute approximate surface area is 150 Å². The van der Waals surface area contributed by atoms with E-state index in [1.165, 1.54) is 0 Å². The lowest BCUT2D eigenvalue weighted by atomic mass is 9.81. The van der Waals surface area contributed by atoms with Crippen molar-refractivity contribution in [1.82, 2.24) is 4.90 Å². The zero-order chi connectivity index (χ0) is 18.8. The molecule has 7 heteroatoms. The summed E-state index contributed by atoms with van der Waals surface area (Å²) in [7, 11) is 0.332. The van der Waals surface area contributed by atoms with Gasteiger partial charge in [-0.15, -0.1) is 0 Å². The van der Waals surface area contributed by atoms with Crippen molar-refractivity contribution in [1.29, 1.82) is 0 Å². The van der Waals surface area contributed by atoms with Crippen molar-refractivity contribution in [2.24, 2.45) is 0 Å². The third kappa shape index (κ3) is 4.16. The van der Waals surface area contributed by atoms with Crippen molar-refractivity contribution >= 4 is 24.5 Å². The number of carbonyl (C=O) groups is 1. The van der Waals surface area contributed by atoms with Gasteiger partial charge in [0.05, 0.1) is 23.4 Å². The molecule has 6 nitrogen and oxygen atoms in total. The maximum Gasteiger partial charge on any atom is 0.309 e. The number of hydrogen-bond acceptors (Lipinski definition) is 5. The number of rotatable bonds is 8. The molecule has 0 atom stereocenters. The number of amides is 1. The number of carbonyl (C=O) groups excluding carboxylic acids is 1. The van der Waals surface area contributed by atoms with E-state index in [1.807, 2.05) is 32.9 Å². The Bertz CT molecular complexity index is 641. The van der Waals surface area contributed by atoms with Crippen LogP contribution in [0.5, 0.6) is 0 Å². The molecule has 138 valence electrons. The van der Waals surface area contributed by atoms with Gasteiger partial charge in [0, 0.05) is 25.3 Å². The fourth-order valence-electron chi connectivity index (χ4n) is 2.69. The third-order valence-corrected chi connectivity index (χ3v) is 5.02. The third-order valence-electron chi connectivity index (χ3n) is 5.02. The van der Waals surface area contributed by atoms with Crippen molar-refractivity contribution in [3.05, 3.63) is 23.3 Å². The van der Waals surface area contributed by atoms with Gasteiger partial charge in [0.15, 0.2) is 0 Å². The van der Waals surface area contributed by atoms with E-state index in [2.05, 4.69) is 5.32 Å². The molecule has 25 heavy (non-hydrogen) atoms. The quantitative estimate of drug-likeness (QED) is 0.600. The van der Waals surface area contributed by atoms with Crippen molar-refractivity contribution < 1.29 is 19.7 Å². The van der Waals surface area contributed by atoms with Gasteiger partial charge in [-0.2, -0.15) is 0 Å². The van der Waals surface area contributed by atoms with Gasteiger partial charge in [0.1, 0.15) is 0 Å². The van der Waals surface area contributed by atoms with E-state index in [0.717, 1.165) is 16.7 Å². The largest absolute Gasteiger partial charge is 0.427 e. The number of aliphatic hydroxyl groups excluding tert-OH is 1. The molecule has 1 aliphatic heterocycles. The molecule has 0 saturated carbocycles. The van der Waals surface area contributed by atoms with Crippen LogP contribution in [0.2, 0.25) is 0 Å². The van der Waals surface area contributed by atoms with Gasteiger partial charge in [0.2, 0.25) is 0 Å². The Morgan fingerprint density at radius 3 is 2.56 bits per heavy atom. The fourth-order valence-corrected chi connectivity index (χ4v) is 2.69. The average molecular weight is 348 g/mol. The number of anilines is 1. The lowest BCUT2D eigenvalue weighted by Gasteiger charge is -2.37. The Morgan fingerprint density at radius 2 is 2.00 bits per heavy atom. The van der Waals surface area contributed by atoms with Crippen LogP contribution >= 0.6 is 0 Å². The molecule has 0 saturated heterocycles. The summed E-state index contributed by atoms with van der Waals surface area (Å²) >= 11 is 0. The van der Waals surface area contributed by atoms with Gasteiger partial charge in [-0.1, -0.05) is 11.5 Å². The molecule has 0 fully saturated rings. The number of nitrogens with zero attached hydrogens (tertiary/aromatic N) is 1. The van der Waals surface area contributed by atoms with Crippen LogP contribution in [0.3, 0.4) is 0 Å². The monoisotopic (exact) mass is 348 g/mol. The van der Waals surface area contributed by atoms with Gasteiger partial charge in [-0.3, -0.25) is 4.79 Å². The van der Waals surface area contributed by atoms with E-state index in [4.69, 9.17) is 9.76 Å². The molecular formula is C18H29BN2O4. The number of benzene rings is 1. The molecule has 0 radical (unpaired) electrons. The highest BCUT2D eigenvalue weighted by molar-refractivity contribution is 6.47. The first-order chi connectivity index (χ1) is 11.6. The van der Waals surface area contributed by atoms with E-state index < -0.39 is 11.2 Å². The first-order valence-corrected chi connectivity index (χ1v) is 8.77. The standard InChI is InChI=1S/C18H29BN2O4/c1-6-21-11-12-9-13(19-25-18(4,5)17(2,3)24)10-14(20-7-8-22)15(12)16(21)23/h9-10,19-20,22,24H,6-8,11H2,1-5H3. The minimum atomic E-state index is -0.976. The summed E-state index contributed by atoms with van der Waals surface area (Å²) in [5.41, 5.74) is 1.62. The Hall–Kier alpha value is -1.57. The van der Waals surface area contributed by atoms with Gasteiger partial charge in [-0.25, -0.2) is 0 Å². The molecule has 0 aromatic heterocycles. The summed E-state index contributed by atoms with van der Waals surface area (Å²) in [6, 6.07) is 3.89. The molecule has 3 N–H and O–H groups in total. The molecule has 0 spiro atoms. The zero-order valence-corrected chi connectivity index (χ0v) is 15.8. The molecule has 1 amide bonds. The van der Waals surface area contributed by atoms with Crippen molar-refractivity contribution in [3.63, 3.8) is 0 Å². The predicted molar refractivity (Wildman–Crippen MR) is 101 cm³/mol. The second-order valence-electron chi connectivity index (χ2n) is 7.51. The second kappa shape index (κ2) is 7.36. The van der Waals surface area contributed by atoms with E-state index >= 15 is 0 Å².